The number of nitrogens with one attached hydrogen (secondary N) is 4. The van der Waals surface area contributed by atoms with E-state index in [1.165, 1.54) is 19.2 Å². The molecule has 0 aliphatic rings. The molecule has 1 heterocycles. The minimum Gasteiger partial charge on any atom is -0.387 e. The van der Waals surface area contributed by atoms with Gasteiger partial charge in [-0.05, 0) is 48.0 Å². The first-order chi connectivity index (χ1) is 21.0. The van der Waals surface area contributed by atoms with E-state index in [1.54, 1.807) is 0 Å². The Bertz CT molecular complexity index is 2090. The fraction of sp³-hybridized carbons (Fsp3) is 0.0455. The van der Waals surface area contributed by atoms with Crippen molar-refractivity contribution < 1.29 is 40.2 Å². The molecular weight excluding hydrogens is 669 g/mol. The zero-order chi connectivity index (χ0) is 33.3. The lowest BCUT2D eigenvalue weighted by molar-refractivity contribution is -0.395. The number of aromatic nitrogens is 3. The van der Waals surface area contributed by atoms with Gasteiger partial charge in [0.25, 0.3) is 25.9 Å². The number of hydrogen-bond donors (Lipinski definition) is 6. The predicted molar refractivity (Wildman–Crippen MR) is 156 cm³/mol. The third kappa shape index (κ3) is 7.63. The molecule has 4 aromatic rings. The van der Waals surface area contributed by atoms with Crippen LogP contribution in [-0.2, 0) is 20.2 Å². The van der Waals surface area contributed by atoms with Crippen LogP contribution in [0.4, 0.5) is 56.1 Å². The van der Waals surface area contributed by atoms with E-state index < -0.39 is 79.7 Å². The Hall–Kier alpha value is -5.29. The normalized spacial score (nSPS) is 11.5. The van der Waals surface area contributed by atoms with Crippen LogP contribution in [0.3, 0.4) is 0 Å². The maximum atomic E-state index is 14.3. The van der Waals surface area contributed by atoms with Gasteiger partial charge in [-0.3, -0.25) is 29.3 Å². The van der Waals surface area contributed by atoms with Gasteiger partial charge in [0.05, 0.1) is 27.3 Å². The molecule has 0 unspecified atom stereocenters. The number of hydrogen-bond acceptors (Lipinski definition) is 15. The van der Waals surface area contributed by atoms with E-state index in [0.29, 0.717) is 12.1 Å². The number of anilines is 7. The molecule has 0 atom stereocenters. The first-order valence-electron chi connectivity index (χ1n) is 11.7. The van der Waals surface area contributed by atoms with Gasteiger partial charge in [0.1, 0.15) is 15.5 Å². The van der Waals surface area contributed by atoms with Crippen molar-refractivity contribution in [2.24, 2.45) is 0 Å². The van der Waals surface area contributed by atoms with E-state index in [9.17, 15) is 50.6 Å². The van der Waals surface area contributed by atoms with Crippen LogP contribution < -0.4 is 21.3 Å². The minimum atomic E-state index is -4.92. The van der Waals surface area contributed by atoms with E-state index in [-0.39, 0.29) is 23.0 Å². The molecule has 0 radical (unpaired) electrons. The van der Waals surface area contributed by atoms with Crippen LogP contribution in [0, 0.1) is 26.0 Å². The van der Waals surface area contributed by atoms with Crippen LogP contribution in [0.25, 0.3) is 0 Å². The summed E-state index contributed by atoms with van der Waals surface area (Å²) in [5.41, 5.74) is -2.97. The number of nitro groups is 2. The maximum Gasteiger partial charge on any atom is 0.311 e. The molecule has 3 aromatic carbocycles. The summed E-state index contributed by atoms with van der Waals surface area (Å²) in [7, 11) is -8.14. The monoisotopic (exact) mass is 685 g/mol. The summed E-state index contributed by atoms with van der Waals surface area (Å²) in [6.45, 7) is 0. The van der Waals surface area contributed by atoms with Crippen molar-refractivity contribution >= 4 is 83.5 Å². The highest BCUT2D eigenvalue weighted by Gasteiger charge is 2.26. The molecular formula is C22H17ClFN9O10S2. The molecule has 0 aliphatic heterocycles. The quantitative estimate of drug-likeness (QED) is 0.0730. The number of nitrogens with zero attached hydrogens (tertiary/aromatic N) is 5. The van der Waals surface area contributed by atoms with Crippen LogP contribution in [0.1, 0.15) is 0 Å². The third-order valence-electron chi connectivity index (χ3n) is 5.63. The summed E-state index contributed by atoms with van der Waals surface area (Å²) >= 11 is 5.98. The lowest BCUT2D eigenvalue weighted by Crippen LogP contribution is -2.09. The fourth-order valence-electron chi connectivity index (χ4n) is 3.76. The summed E-state index contributed by atoms with van der Waals surface area (Å²) in [5, 5.41) is 32.3. The van der Waals surface area contributed by atoms with E-state index in [4.69, 9.17) is 11.6 Å². The van der Waals surface area contributed by atoms with Gasteiger partial charge in [-0.1, -0.05) is 0 Å². The van der Waals surface area contributed by atoms with Crippen molar-refractivity contribution in [1.29, 1.82) is 0 Å². The Morgan fingerprint density at radius 2 is 1.31 bits per heavy atom. The van der Waals surface area contributed by atoms with Gasteiger partial charge in [-0.15, -0.1) is 0 Å². The summed E-state index contributed by atoms with van der Waals surface area (Å²) in [5.74, 6) is -2.12. The first-order valence-corrected chi connectivity index (χ1v) is 15.0. The largest absolute Gasteiger partial charge is 0.387 e. The SMILES string of the molecule is CNc1ccc(Nc2nc(Cl)nc(Nc3cc(Nc4cc(F)c([N+](=O)[O-])cc4[N+](=O)[O-])ccc3S(=O)(=O)O)n2)cc1S(=O)(=O)O. The van der Waals surface area contributed by atoms with Crippen LogP contribution >= 0.6 is 11.6 Å². The standard InChI is InChI=1S/C22H17ClFN9O10S2/c1-25-13-4-2-11(7-19(13)45(41,42)43)27-21-29-20(23)30-22(31-21)28-15-6-10(3-5-18(15)44(38,39)40)26-14-8-12(24)16(32(34)35)9-17(14)33(36)37/h2-9,25-26H,1H3,(H,38,39,40)(H,41,42,43)(H2,27,28,29,30,31). The highest BCUT2D eigenvalue weighted by Crippen LogP contribution is 2.36. The highest BCUT2D eigenvalue weighted by molar-refractivity contribution is 7.86. The van der Waals surface area contributed by atoms with Crippen LogP contribution in [0.5, 0.6) is 0 Å². The molecule has 0 bridgehead atoms. The van der Waals surface area contributed by atoms with Gasteiger partial charge < -0.3 is 21.3 Å². The van der Waals surface area contributed by atoms with Crippen molar-refractivity contribution in [3.8, 4) is 0 Å². The van der Waals surface area contributed by atoms with Crippen molar-refractivity contribution in [2.45, 2.75) is 9.79 Å². The molecule has 0 saturated carbocycles. The second-order valence-electron chi connectivity index (χ2n) is 8.58. The molecule has 0 spiro atoms. The number of nitro benzene ring substituents is 2. The van der Waals surface area contributed by atoms with Crippen LogP contribution in [0.15, 0.2) is 58.3 Å². The predicted octanol–water partition coefficient (Wildman–Crippen LogP) is 4.25. The molecule has 0 fully saturated rings. The molecule has 236 valence electrons. The lowest BCUT2D eigenvalue weighted by Gasteiger charge is -2.14. The Kier molecular flexibility index (Phi) is 8.97. The molecule has 23 heteroatoms. The van der Waals surface area contributed by atoms with E-state index in [0.717, 1.165) is 24.3 Å². The number of rotatable bonds is 11. The zero-order valence-corrected chi connectivity index (χ0v) is 24.5. The summed E-state index contributed by atoms with van der Waals surface area (Å²) < 4.78 is 81.2. The molecule has 1 aromatic heterocycles. The highest BCUT2D eigenvalue weighted by atomic mass is 35.5. The van der Waals surface area contributed by atoms with Crippen molar-refractivity contribution in [2.75, 3.05) is 28.3 Å². The second kappa shape index (κ2) is 12.4. The van der Waals surface area contributed by atoms with Gasteiger partial charge in [0, 0.05) is 24.5 Å². The van der Waals surface area contributed by atoms with Crippen molar-refractivity contribution in [3.63, 3.8) is 0 Å². The van der Waals surface area contributed by atoms with Crippen molar-refractivity contribution in [3.05, 3.63) is 79.9 Å². The van der Waals surface area contributed by atoms with Gasteiger partial charge in [0.15, 0.2) is 0 Å². The molecule has 0 aliphatic carbocycles. The summed E-state index contributed by atoms with van der Waals surface area (Å²) in [6.07, 6.45) is 0. The average molecular weight is 686 g/mol. The smallest absolute Gasteiger partial charge is 0.311 e. The Morgan fingerprint density at radius 3 is 1.89 bits per heavy atom. The molecule has 6 N–H and O–H groups in total. The summed E-state index contributed by atoms with van der Waals surface area (Å²) in [6, 6.07) is 7.60. The molecule has 0 saturated heterocycles. The van der Waals surface area contributed by atoms with Gasteiger partial charge in [-0.2, -0.15) is 36.2 Å². The van der Waals surface area contributed by atoms with Crippen molar-refractivity contribution in [1.82, 2.24) is 15.0 Å². The maximum absolute atomic E-state index is 14.3. The molecule has 0 amide bonds. The molecule has 45 heavy (non-hydrogen) atoms. The summed E-state index contributed by atoms with van der Waals surface area (Å²) in [4.78, 5) is 30.8. The Morgan fingerprint density at radius 1 is 0.733 bits per heavy atom. The van der Waals surface area contributed by atoms with Gasteiger partial charge in [-0.25, -0.2) is 0 Å². The van der Waals surface area contributed by atoms with Crippen LogP contribution in [0.2, 0.25) is 5.28 Å². The van der Waals surface area contributed by atoms with Gasteiger partial charge in [0.2, 0.25) is 23.0 Å². The average Bonchev–Trinajstić information content (AvgIpc) is 2.91. The Labute approximate surface area is 256 Å². The molecule has 19 nitrogen and oxygen atoms in total. The lowest BCUT2D eigenvalue weighted by atomic mass is 10.2. The third-order valence-corrected chi connectivity index (χ3v) is 7.61. The minimum absolute atomic E-state index is 0.0663. The fourth-order valence-corrected chi connectivity index (χ4v) is 5.27. The van der Waals surface area contributed by atoms with E-state index in [2.05, 4.69) is 36.2 Å². The second-order valence-corrected chi connectivity index (χ2v) is 11.7. The van der Waals surface area contributed by atoms with Crippen LogP contribution in [-0.4, -0.2) is 57.8 Å². The first kappa shape index (κ1) is 32.6. The zero-order valence-electron chi connectivity index (χ0n) is 22.1. The number of halogens is 2. The van der Waals surface area contributed by atoms with E-state index >= 15 is 0 Å². The topological polar surface area (TPSA) is 282 Å². The molecule has 4 rings (SSSR count). The van der Waals surface area contributed by atoms with Gasteiger partial charge >= 0.3 is 5.69 Å². The number of benzene rings is 3. The Balaban J connectivity index is 1.72. The van der Waals surface area contributed by atoms with E-state index in [1.807, 2.05) is 0 Å².